The zero-order valence-electron chi connectivity index (χ0n) is 15.2. The Morgan fingerprint density at radius 3 is 2.48 bits per heavy atom. The van der Waals surface area contributed by atoms with E-state index in [2.05, 4.69) is 51.8 Å². The number of aliphatic imine (C=N–C) groups is 1. The summed E-state index contributed by atoms with van der Waals surface area (Å²) in [5.41, 5.74) is 2.28. The highest BCUT2D eigenvalue weighted by Crippen LogP contribution is 2.08. The number of anilines is 1. The average Bonchev–Trinajstić information content (AvgIpc) is 2.61. The fraction of sp³-hybridized carbons (Fsp3) is 0.368. The quantitative estimate of drug-likeness (QED) is 0.385. The van der Waals surface area contributed by atoms with Gasteiger partial charge in [0.2, 0.25) is 0 Å². The molecule has 5 nitrogen and oxygen atoms in total. The van der Waals surface area contributed by atoms with Gasteiger partial charge in [0.15, 0.2) is 5.96 Å². The molecule has 0 aliphatic rings. The number of guanidine groups is 1. The van der Waals surface area contributed by atoms with E-state index in [1.54, 1.807) is 0 Å². The second-order valence-electron chi connectivity index (χ2n) is 5.74. The van der Waals surface area contributed by atoms with Crippen LogP contribution in [-0.4, -0.2) is 38.1 Å². The molecule has 25 heavy (non-hydrogen) atoms. The van der Waals surface area contributed by atoms with Crippen molar-refractivity contribution in [1.82, 2.24) is 15.6 Å². The van der Waals surface area contributed by atoms with Gasteiger partial charge < -0.3 is 15.5 Å². The third-order valence-electron chi connectivity index (χ3n) is 3.54. The lowest BCUT2D eigenvalue weighted by Gasteiger charge is -2.13. The molecule has 0 spiro atoms. The molecule has 0 unspecified atom stereocenters. The number of pyridine rings is 1. The molecule has 1 aromatic heterocycles. The predicted octanol–water partition coefficient (Wildman–Crippen LogP) is 3.06. The Kier molecular flexibility index (Phi) is 9.91. The average molecular weight is 453 g/mol. The summed E-state index contributed by atoms with van der Waals surface area (Å²) in [4.78, 5) is 11.2. The van der Waals surface area contributed by atoms with E-state index in [9.17, 15) is 0 Å². The maximum atomic E-state index is 4.63. The van der Waals surface area contributed by atoms with E-state index in [4.69, 9.17) is 0 Å². The Morgan fingerprint density at radius 2 is 1.80 bits per heavy atom. The maximum Gasteiger partial charge on any atom is 0.191 e. The second-order valence-corrected chi connectivity index (χ2v) is 5.74. The van der Waals surface area contributed by atoms with Crippen LogP contribution in [0.5, 0.6) is 0 Å². The number of hydrogen-bond donors (Lipinski definition) is 2. The molecule has 0 bridgehead atoms. The zero-order valence-corrected chi connectivity index (χ0v) is 17.5. The number of hydrogen-bond acceptors (Lipinski definition) is 3. The van der Waals surface area contributed by atoms with Gasteiger partial charge >= 0.3 is 0 Å². The molecule has 1 heterocycles. The normalized spacial score (nSPS) is 10.8. The van der Waals surface area contributed by atoms with Gasteiger partial charge in [-0.3, -0.25) is 0 Å². The first-order valence-corrected chi connectivity index (χ1v) is 8.38. The van der Waals surface area contributed by atoms with E-state index in [0.717, 1.165) is 37.0 Å². The van der Waals surface area contributed by atoms with E-state index in [1.807, 2.05) is 43.3 Å². The molecule has 0 fully saturated rings. The molecule has 0 aliphatic carbocycles. The van der Waals surface area contributed by atoms with Crippen molar-refractivity contribution < 1.29 is 0 Å². The molecule has 0 amide bonds. The van der Waals surface area contributed by atoms with Crippen molar-refractivity contribution in [3.63, 3.8) is 0 Å². The highest BCUT2D eigenvalue weighted by atomic mass is 127. The summed E-state index contributed by atoms with van der Waals surface area (Å²) in [6.45, 7) is 4.31. The highest BCUT2D eigenvalue weighted by molar-refractivity contribution is 14.0. The number of halogens is 1. The number of benzene rings is 1. The molecule has 0 saturated carbocycles. The summed E-state index contributed by atoms with van der Waals surface area (Å²) in [6.07, 6.45) is 0.972. The molecule has 2 rings (SSSR count). The first kappa shape index (κ1) is 21.2. The number of rotatable bonds is 7. The molecule has 0 aliphatic heterocycles. The SMILES string of the molecule is CCNC(=NCc1cccc(N(C)C)n1)NCCc1ccccc1.I. The summed E-state index contributed by atoms with van der Waals surface area (Å²) in [6, 6.07) is 16.5. The molecule has 1 aromatic carbocycles. The second kappa shape index (κ2) is 11.7. The zero-order chi connectivity index (χ0) is 17.2. The molecule has 0 atom stereocenters. The van der Waals surface area contributed by atoms with E-state index < -0.39 is 0 Å². The summed E-state index contributed by atoms with van der Waals surface area (Å²) in [5.74, 6) is 1.77. The summed E-state index contributed by atoms with van der Waals surface area (Å²) in [7, 11) is 3.98. The maximum absolute atomic E-state index is 4.63. The molecule has 136 valence electrons. The van der Waals surface area contributed by atoms with Crippen molar-refractivity contribution in [3.05, 3.63) is 59.8 Å². The van der Waals surface area contributed by atoms with Crippen molar-refractivity contribution in [2.75, 3.05) is 32.1 Å². The van der Waals surface area contributed by atoms with Gasteiger partial charge in [-0.2, -0.15) is 0 Å². The van der Waals surface area contributed by atoms with Gasteiger partial charge in [0.1, 0.15) is 5.82 Å². The molecular formula is C19H28IN5. The fourth-order valence-corrected chi connectivity index (χ4v) is 2.28. The lowest BCUT2D eigenvalue weighted by molar-refractivity contribution is 0.796. The van der Waals surface area contributed by atoms with Gasteiger partial charge in [-0.05, 0) is 31.0 Å². The molecule has 2 N–H and O–H groups in total. The summed E-state index contributed by atoms with van der Waals surface area (Å²) < 4.78 is 0. The van der Waals surface area contributed by atoms with E-state index in [0.29, 0.717) is 6.54 Å². The van der Waals surface area contributed by atoms with Crippen molar-refractivity contribution in [1.29, 1.82) is 0 Å². The Labute approximate surface area is 168 Å². The minimum atomic E-state index is 0. The van der Waals surface area contributed by atoms with Crippen molar-refractivity contribution in [2.24, 2.45) is 4.99 Å². The van der Waals surface area contributed by atoms with Crippen LogP contribution in [0.25, 0.3) is 0 Å². The third kappa shape index (κ3) is 7.72. The molecule has 0 saturated heterocycles. The van der Waals surface area contributed by atoms with E-state index in [-0.39, 0.29) is 24.0 Å². The van der Waals surface area contributed by atoms with Crippen molar-refractivity contribution in [3.8, 4) is 0 Å². The number of nitrogens with one attached hydrogen (secondary N) is 2. The minimum absolute atomic E-state index is 0. The van der Waals surface area contributed by atoms with Crippen LogP contribution >= 0.6 is 24.0 Å². The smallest absolute Gasteiger partial charge is 0.191 e. The standard InChI is InChI=1S/C19H27N5.HI/c1-4-20-19(21-14-13-16-9-6-5-7-10-16)22-15-17-11-8-12-18(23-17)24(2)3;/h5-12H,4,13-15H2,1-3H3,(H2,20,21,22);1H. The van der Waals surface area contributed by atoms with Gasteiger partial charge in [-0.1, -0.05) is 36.4 Å². The van der Waals surface area contributed by atoms with Crippen molar-refractivity contribution >= 4 is 35.8 Å². The number of nitrogens with zero attached hydrogens (tertiary/aromatic N) is 3. The monoisotopic (exact) mass is 453 g/mol. The van der Waals surface area contributed by atoms with Gasteiger partial charge in [0, 0.05) is 27.2 Å². The first-order chi connectivity index (χ1) is 11.7. The summed E-state index contributed by atoms with van der Waals surface area (Å²) in [5, 5.41) is 6.65. The molecule has 2 aromatic rings. The van der Waals surface area contributed by atoms with Gasteiger partial charge in [0.25, 0.3) is 0 Å². The summed E-state index contributed by atoms with van der Waals surface area (Å²) >= 11 is 0. The van der Waals surface area contributed by atoms with Gasteiger partial charge in [0.05, 0.1) is 12.2 Å². The van der Waals surface area contributed by atoms with E-state index in [1.165, 1.54) is 5.56 Å². The number of aromatic nitrogens is 1. The highest BCUT2D eigenvalue weighted by Gasteiger charge is 2.01. The van der Waals surface area contributed by atoms with Crippen LogP contribution in [0.4, 0.5) is 5.82 Å². The Morgan fingerprint density at radius 1 is 1.04 bits per heavy atom. The lowest BCUT2D eigenvalue weighted by Crippen LogP contribution is -2.38. The third-order valence-corrected chi connectivity index (χ3v) is 3.54. The van der Waals surface area contributed by atoms with Crippen LogP contribution in [0.3, 0.4) is 0 Å². The Bertz CT molecular complexity index is 643. The van der Waals surface area contributed by atoms with Gasteiger partial charge in [-0.25, -0.2) is 9.98 Å². The van der Waals surface area contributed by atoms with Crippen LogP contribution in [0.1, 0.15) is 18.2 Å². The lowest BCUT2D eigenvalue weighted by atomic mass is 10.1. The molecular weight excluding hydrogens is 425 g/mol. The predicted molar refractivity (Wildman–Crippen MR) is 117 cm³/mol. The topological polar surface area (TPSA) is 52.6 Å². The minimum Gasteiger partial charge on any atom is -0.363 e. The molecule has 6 heteroatoms. The Balaban J connectivity index is 0.00000312. The van der Waals surface area contributed by atoms with Crippen LogP contribution in [0, 0.1) is 0 Å². The largest absolute Gasteiger partial charge is 0.363 e. The molecule has 0 radical (unpaired) electrons. The van der Waals surface area contributed by atoms with Crippen molar-refractivity contribution in [2.45, 2.75) is 19.9 Å². The fourth-order valence-electron chi connectivity index (χ4n) is 2.28. The van der Waals surface area contributed by atoms with Gasteiger partial charge in [-0.15, -0.1) is 24.0 Å². The van der Waals surface area contributed by atoms with Crippen LogP contribution in [0.15, 0.2) is 53.5 Å². The Hall–Kier alpha value is -1.83. The van der Waals surface area contributed by atoms with Crippen LogP contribution in [-0.2, 0) is 13.0 Å². The van der Waals surface area contributed by atoms with Crippen LogP contribution < -0.4 is 15.5 Å². The van der Waals surface area contributed by atoms with E-state index >= 15 is 0 Å². The first-order valence-electron chi connectivity index (χ1n) is 8.38. The van der Waals surface area contributed by atoms with Crippen LogP contribution in [0.2, 0.25) is 0 Å².